The van der Waals surface area contributed by atoms with E-state index >= 15 is 0 Å². The smallest absolute Gasteiger partial charge is 0.276 e. The second-order valence-corrected chi connectivity index (χ2v) is 9.45. The Morgan fingerprint density at radius 1 is 0.667 bits per heavy atom. The highest BCUT2D eigenvalue weighted by molar-refractivity contribution is 7.26. The van der Waals surface area contributed by atoms with Crippen molar-refractivity contribution in [1.82, 2.24) is 14.0 Å². The molecule has 4 nitrogen and oxygen atoms in total. The van der Waals surface area contributed by atoms with Crippen molar-refractivity contribution >= 4 is 69.7 Å². The lowest BCUT2D eigenvalue weighted by Gasteiger charge is -2.07. The third kappa shape index (κ3) is 2.06. The van der Waals surface area contributed by atoms with Gasteiger partial charge < -0.3 is 0 Å². The molecule has 4 aromatic heterocycles. The predicted octanol–water partition coefficient (Wildman–Crippen LogP) is 6.75. The average molecular weight is 442 g/mol. The topological polar surface area (TPSA) is 39.3 Å². The number of imidazole rings is 1. The maximum absolute atomic E-state index is 14.0. The van der Waals surface area contributed by atoms with Crippen LogP contribution in [0.5, 0.6) is 0 Å². The highest BCUT2D eigenvalue weighted by Crippen LogP contribution is 2.39. The highest BCUT2D eigenvalue weighted by atomic mass is 32.1. The van der Waals surface area contributed by atoms with Crippen molar-refractivity contribution in [3.05, 3.63) is 101 Å². The number of aromatic nitrogens is 3. The molecule has 33 heavy (non-hydrogen) atoms. The van der Waals surface area contributed by atoms with Crippen LogP contribution in [-0.2, 0) is 0 Å². The van der Waals surface area contributed by atoms with Gasteiger partial charge in [0.05, 0.1) is 22.1 Å². The number of fused-ring (bicyclic) bond motifs is 7. The summed E-state index contributed by atoms with van der Waals surface area (Å²) >= 11 is 1.56. The molecule has 0 aliphatic heterocycles. The molecular formula is C28H15N3OS. The van der Waals surface area contributed by atoms with Crippen molar-refractivity contribution in [2.24, 2.45) is 0 Å². The summed E-state index contributed by atoms with van der Waals surface area (Å²) in [5.74, 6) is 0.642. The molecule has 8 aromatic rings. The summed E-state index contributed by atoms with van der Waals surface area (Å²) in [4.78, 5) is 19.1. The Hall–Kier alpha value is -4.22. The van der Waals surface area contributed by atoms with Gasteiger partial charge in [-0.15, -0.1) is 11.3 Å². The average Bonchev–Trinajstić information content (AvgIpc) is 3.53. The molecule has 0 unspecified atom stereocenters. The van der Waals surface area contributed by atoms with Gasteiger partial charge in [-0.05, 0) is 24.3 Å². The van der Waals surface area contributed by atoms with Crippen LogP contribution < -0.4 is 5.56 Å². The van der Waals surface area contributed by atoms with Gasteiger partial charge in [-0.25, -0.2) is 9.38 Å². The lowest BCUT2D eigenvalue weighted by molar-refractivity contribution is 0.971. The molecule has 0 spiro atoms. The molecule has 0 aliphatic carbocycles. The van der Waals surface area contributed by atoms with Crippen LogP contribution in [0.25, 0.3) is 64.3 Å². The number of benzene rings is 4. The molecular weight excluding hydrogens is 426 g/mol. The summed E-state index contributed by atoms with van der Waals surface area (Å²) in [6.45, 7) is 0. The molecule has 154 valence electrons. The zero-order valence-electron chi connectivity index (χ0n) is 17.3. The van der Waals surface area contributed by atoms with E-state index < -0.39 is 0 Å². The number of para-hydroxylation sites is 3. The first-order valence-corrected chi connectivity index (χ1v) is 11.7. The Bertz CT molecular complexity index is 2060. The molecule has 0 aliphatic rings. The van der Waals surface area contributed by atoms with E-state index in [0.29, 0.717) is 5.95 Å². The van der Waals surface area contributed by atoms with Gasteiger partial charge >= 0.3 is 0 Å². The molecule has 0 saturated heterocycles. The predicted molar refractivity (Wildman–Crippen MR) is 137 cm³/mol. The minimum Gasteiger partial charge on any atom is -0.279 e. The van der Waals surface area contributed by atoms with Crippen molar-refractivity contribution in [1.29, 1.82) is 0 Å². The maximum Gasteiger partial charge on any atom is 0.276 e. The van der Waals surface area contributed by atoms with Gasteiger partial charge in [0.1, 0.15) is 4.70 Å². The third-order valence-corrected chi connectivity index (χ3v) is 7.86. The van der Waals surface area contributed by atoms with Crippen molar-refractivity contribution in [3.8, 4) is 5.95 Å². The quantitative estimate of drug-likeness (QED) is 0.283. The van der Waals surface area contributed by atoms with E-state index in [2.05, 4.69) is 59.2 Å². The molecule has 8 rings (SSSR count). The summed E-state index contributed by atoms with van der Waals surface area (Å²) in [7, 11) is 0. The van der Waals surface area contributed by atoms with E-state index in [1.807, 2.05) is 40.8 Å². The molecule has 0 saturated carbocycles. The van der Waals surface area contributed by atoms with Gasteiger partial charge in [-0.2, -0.15) is 0 Å². The Labute approximate surface area is 190 Å². The van der Waals surface area contributed by atoms with Gasteiger partial charge in [0.2, 0.25) is 5.95 Å². The zero-order valence-corrected chi connectivity index (χ0v) is 18.1. The van der Waals surface area contributed by atoms with Crippen LogP contribution in [0.4, 0.5) is 0 Å². The summed E-state index contributed by atoms with van der Waals surface area (Å²) in [5.41, 5.74) is 3.79. The van der Waals surface area contributed by atoms with E-state index in [9.17, 15) is 4.79 Å². The second-order valence-electron chi connectivity index (χ2n) is 8.40. The van der Waals surface area contributed by atoms with Crippen LogP contribution in [0.2, 0.25) is 0 Å². The highest BCUT2D eigenvalue weighted by Gasteiger charge is 2.23. The van der Waals surface area contributed by atoms with Crippen LogP contribution in [0, 0.1) is 0 Å². The minimum atomic E-state index is -0.00994. The molecule has 0 N–H and O–H groups in total. The van der Waals surface area contributed by atoms with Crippen LogP contribution in [0.1, 0.15) is 0 Å². The van der Waals surface area contributed by atoms with E-state index in [1.54, 1.807) is 11.3 Å². The van der Waals surface area contributed by atoms with Crippen LogP contribution >= 0.6 is 11.3 Å². The van der Waals surface area contributed by atoms with Gasteiger partial charge in [0.15, 0.2) is 0 Å². The summed E-state index contributed by atoms with van der Waals surface area (Å²) < 4.78 is 5.85. The summed E-state index contributed by atoms with van der Waals surface area (Å²) in [5, 5.41) is 5.54. The van der Waals surface area contributed by atoms with Gasteiger partial charge in [0, 0.05) is 31.6 Å². The summed E-state index contributed by atoms with van der Waals surface area (Å²) in [6.07, 6.45) is 0. The Morgan fingerprint density at radius 2 is 1.30 bits per heavy atom. The fourth-order valence-corrected chi connectivity index (χ4v) is 6.51. The molecule has 0 amide bonds. The Balaban J connectivity index is 1.66. The SMILES string of the molecule is O=c1c2sc3ccccc3c2c2cccc3nc(-n4c5ccccc5c5ccccc54)n1c32. The fourth-order valence-electron chi connectivity index (χ4n) is 5.36. The van der Waals surface area contributed by atoms with Crippen LogP contribution in [-0.4, -0.2) is 14.0 Å². The third-order valence-electron chi connectivity index (χ3n) is 6.70. The number of hydrogen-bond acceptors (Lipinski definition) is 3. The molecule has 4 aromatic carbocycles. The molecule has 0 bridgehead atoms. The minimum absolute atomic E-state index is 0.00994. The molecule has 0 atom stereocenters. The monoisotopic (exact) mass is 441 g/mol. The normalized spacial score (nSPS) is 12.4. The molecule has 0 fully saturated rings. The second kappa shape index (κ2) is 5.97. The zero-order chi connectivity index (χ0) is 21.7. The lowest BCUT2D eigenvalue weighted by atomic mass is 10.1. The van der Waals surface area contributed by atoms with Gasteiger partial charge in [-0.1, -0.05) is 66.7 Å². The van der Waals surface area contributed by atoms with Gasteiger partial charge in [0.25, 0.3) is 5.56 Å². The first-order chi connectivity index (χ1) is 16.3. The first kappa shape index (κ1) is 17.3. The van der Waals surface area contributed by atoms with E-state index in [-0.39, 0.29) is 5.56 Å². The number of pyridine rings is 1. The Kier molecular flexibility index (Phi) is 3.14. The first-order valence-electron chi connectivity index (χ1n) is 10.9. The molecule has 5 heteroatoms. The van der Waals surface area contributed by atoms with E-state index in [0.717, 1.165) is 58.4 Å². The van der Waals surface area contributed by atoms with Crippen molar-refractivity contribution in [3.63, 3.8) is 0 Å². The number of rotatable bonds is 1. The molecule has 4 heterocycles. The van der Waals surface area contributed by atoms with E-state index in [1.165, 1.54) is 0 Å². The fraction of sp³-hybridized carbons (Fsp3) is 0. The number of hydrogen-bond donors (Lipinski definition) is 0. The van der Waals surface area contributed by atoms with Crippen LogP contribution in [0.3, 0.4) is 0 Å². The Morgan fingerprint density at radius 3 is 2.06 bits per heavy atom. The van der Waals surface area contributed by atoms with Crippen molar-refractivity contribution in [2.75, 3.05) is 0 Å². The lowest BCUT2D eigenvalue weighted by Crippen LogP contribution is -2.15. The standard InChI is InChI=1S/C28H15N3OS/c32-27-26-24(18-10-3-6-15-23(18)33-26)19-11-7-12-20-25(19)31(27)28(29-20)30-21-13-4-1-8-16(21)17-9-2-5-14-22(17)30/h1-15H. The summed E-state index contributed by atoms with van der Waals surface area (Å²) in [6, 6.07) is 31.0. The maximum atomic E-state index is 14.0. The van der Waals surface area contributed by atoms with Crippen molar-refractivity contribution in [2.45, 2.75) is 0 Å². The van der Waals surface area contributed by atoms with E-state index in [4.69, 9.17) is 4.98 Å². The van der Waals surface area contributed by atoms with Gasteiger partial charge in [-0.3, -0.25) is 9.36 Å². The van der Waals surface area contributed by atoms with Crippen molar-refractivity contribution < 1.29 is 0 Å². The molecule has 0 radical (unpaired) electrons. The number of nitrogens with zero attached hydrogens (tertiary/aromatic N) is 3. The largest absolute Gasteiger partial charge is 0.279 e. The number of thiophene rings is 1. The van der Waals surface area contributed by atoms with Crippen LogP contribution in [0.15, 0.2) is 95.8 Å².